The molecule has 1 amide bonds. The topological polar surface area (TPSA) is 46.2 Å². The highest BCUT2D eigenvalue weighted by molar-refractivity contribution is 7.84. The number of halogens is 1. The highest BCUT2D eigenvalue weighted by Gasteiger charge is 2.09. The van der Waals surface area contributed by atoms with Crippen LogP contribution < -0.4 is 5.32 Å². The van der Waals surface area contributed by atoms with Crippen molar-refractivity contribution < 1.29 is 13.4 Å². The first-order valence-electron chi connectivity index (χ1n) is 4.94. The Hall–Kier alpha value is -1.23. The summed E-state index contributed by atoms with van der Waals surface area (Å²) in [5.41, 5.74) is 0.0418. The molecule has 1 rings (SSSR count). The van der Waals surface area contributed by atoms with Gasteiger partial charge in [0.05, 0.1) is 5.56 Å². The van der Waals surface area contributed by atoms with Gasteiger partial charge < -0.3 is 5.32 Å². The molecule has 0 fully saturated rings. The van der Waals surface area contributed by atoms with E-state index in [0.29, 0.717) is 18.7 Å². The van der Waals surface area contributed by atoms with Crippen molar-refractivity contribution in [2.75, 3.05) is 18.6 Å². The highest BCUT2D eigenvalue weighted by Crippen LogP contribution is 2.05. The lowest BCUT2D eigenvalue weighted by Gasteiger charge is -2.05. The lowest BCUT2D eigenvalue weighted by Crippen LogP contribution is -2.26. The van der Waals surface area contributed by atoms with Crippen molar-refractivity contribution in [3.8, 4) is 0 Å². The van der Waals surface area contributed by atoms with Gasteiger partial charge in [-0.3, -0.25) is 9.00 Å². The van der Waals surface area contributed by atoms with Crippen molar-refractivity contribution in [2.45, 2.75) is 6.42 Å². The SMILES string of the molecule is CS(=O)CCCNC(=O)c1ccccc1F. The average Bonchev–Trinajstić information content (AvgIpc) is 2.24. The van der Waals surface area contributed by atoms with Crippen LogP contribution in [0.2, 0.25) is 0 Å². The van der Waals surface area contributed by atoms with Gasteiger partial charge >= 0.3 is 0 Å². The molecular formula is C11H14FNO2S. The van der Waals surface area contributed by atoms with Crippen molar-refractivity contribution in [3.05, 3.63) is 35.6 Å². The van der Waals surface area contributed by atoms with Crippen LogP contribution in [0.15, 0.2) is 24.3 Å². The van der Waals surface area contributed by atoms with Crippen LogP contribution in [0.1, 0.15) is 16.8 Å². The molecule has 16 heavy (non-hydrogen) atoms. The first-order chi connectivity index (χ1) is 7.61. The highest BCUT2D eigenvalue weighted by atomic mass is 32.2. The van der Waals surface area contributed by atoms with Crippen LogP contribution in [0, 0.1) is 5.82 Å². The molecule has 88 valence electrons. The van der Waals surface area contributed by atoms with Gasteiger partial charge in [0.25, 0.3) is 5.91 Å². The average molecular weight is 243 g/mol. The number of carbonyl (C=O) groups excluding carboxylic acids is 1. The van der Waals surface area contributed by atoms with Crippen LogP contribution in [0.3, 0.4) is 0 Å². The Morgan fingerprint density at radius 2 is 2.12 bits per heavy atom. The van der Waals surface area contributed by atoms with Gasteiger partial charge in [0.2, 0.25) is 0 Å². The maximum Gasteiger partial charge on any atom is 0.254 e. The van der Waals surface area contributed by atoms with Gasteiger partial charge in [0.15, 0.2) is 0 Å². The predicted molar refractivity (Wildman–Crippen MR) is 62.3 cm³/mol. The second-order valence-corrected chi connectivity index (χ2v) is 4.92. The molecule has 0 aliphatic carbocycles. The molecule has 1 aromatic rings. The smallest absolute Gasteiger partial charge is 0.254 e. The van der Waals surface area contributed by atoms with Gasteiger partial charge in [0.1, 0.15) is 5.82 Å². The van der Waals surface area contributed by atoms with E-state index in [1.54, 1.807) is 12.3 Å². The Kier molecular flexibility index (Phi) is 5.11. The van der Waals surface area contributed by atoms with Crippen LogP contribution in [0.25, 0.3) is 0 Å². The van der Waals surface area contributed by atoms with E-state index in [2.05, 4.69) is 5.32 Å². The molecule has 0 radical (unpaired) electrons. The van der Waals surface area contributed by atoms with Crippen LogP contribution in [-0.2, 0) is 10.8 Å². The number of hydrogen-bond donors (Lipinski definition) is 1. The minimum atomic E-state index is -0.855. The van der Waals surface area contributed by atoms with E-state index in [0.717, 1.165) is 0 Å². The number of amides is 1. The number of nitrogens with one attached hydrogen (secondary N) is 1. The van der Waals surface area contributed by atoms with Gasteiger partial charge in [0, 0.05) is 29.4 Å². The minimum Gasteiger partial charge on any atom is -0.352 e. The van der Waals surface area contributed by atoms with E-state index in [1.807, 2.05) is 0 Å². The Labute approximate surface area is 96.5 Å². The molecule has 0 aliphatic rings. The van der Waals surface area contributed by atoms with Crippen molar-refractivity contribution in [3.63, 3.8) is 0 Å². The van der Waals surface area contributed by atoms with Crippen molar-refractivity contribution in [1.82, 2.24) is 5.32 Å². The van der Waals surface area contributed by atoms with Crippen molar-refractivity contribution in [2.24, 2.45) is 0 Å². The van der Waals surface area contributed by atoms with E-state index >= 15 is 0 Å². The quantitative estimate of drug-likeness (QED) is 0.793. The largest absolute Gasteiger partial charge is 0.352 e. The van der Waals surface area contributed by atoms with Crippen LogP contribution in [0.4, 0.5) is 4.39 Å². The summed E-state index contributed by atoms with van der Waals surface area (Å²) < 4.78 is 23.9. The molecular weight excluding hydrogens is 229 g/mol. The third-order valence-electron chi connectivity index (χ3n) is 2.01. The molecule has 5 heteroatoms. The molecule has 3 nitrogen and oxygen atoms in total. The first kappa shape index (κ1) is 12.8. The van der Waals surface area contributed by atoms with E-state index in [9.17, 15) is 13.4 Å². The van der Waals surface area contributed by atoms with Gasteiger partial charge in [-0.15, -0.1) is 0 Å². The zero-order valence-corrected chi connectivity index (χ0v) is 9.85. The minimum absolute atomic E-state index is 0.0418. The summed E-state index contributed by atoms with van der Waals surface area (Å²) in [6.45, 7) is 0.409. The van der Waals surface area contributed by atoms with E-state index in [1.165, 1.54) is 18.2 Å². The molecule has 1 atom stereocenters. The maximum atomic E-state index is 13.2. The second-order valence-electron chi connectivity index (χ2n) is 3.37. The van der Waals surface area contributed by atoms with E-state index in [4.69, 9.17) is 0 Å². The Balaban J connectivity index is 2.41. The lowest BCUT2D eigenvalue weighted by molar-refractivity contribution is 0.0949. The Morgan fingerprint density at radius 1 is 1.44 bits per heavy atom. The van der Waals surface area contributed by atoms with Crippen molar-refractivity contribution in [1.29, 1.82) is 0 Å². The first-order valence-corrected chi connectivity index (χ1v) is 6.66. The van der Waals surface area contributed by atoms with Gasteiger partial charge in [-0.1, -0.05) is 12.1 Å². The summed E-state index contributed by atoms with van der Waals surface area (Å²) in [7, 11) is -0.855. The Morgan fingerprint density at radius 3 is 2.75 bits per heavy atom. The molecule has 0 spiro atoms. The number of benzene rings is 1. The fourth-order valence-electron chi connectivity index (χ4n) is 1.22. The zero-order valence-electron chi connectivity index (χ0n) is 9.03. The van der Waals surface area contributed by atoms with Crippen molar-refractivity contribution >= 4 is 16.7 Å². The summed E-state index contributed by atoms with van der Waals surface area (Å²) in [6, 6.07) is 5.82. The monoisotopic (exact) mass is 243 g/mol. The molecule has 0 saturated heterocycles. The van der Waals surface area contributed by atoms with Crippen LogP contribution in [-0.4, -0.2) is 28.7 Å². The van der Waals surface area contributed by atoms with Gasteiger partial charge in [-0.05, 0) is 18.6 Å². The molecule has 0 saturated carbocycles. The summed E-state index contributed by atoms with van der Waals surface area (Å²) in [5.74, 6) is -0.420. The second kappa shape index (κ2) is 6.37. The molecule has 1 N–H and O–H groups in total. The molecule has 0 aromatic heterocycles. The predicted octanol–water partition coefficient (Wildman–Crippen LogP) is 1.32. The van der Waals surface area contributed by atoms with Gasteiger partial charge in [-0.2, -0.15) is 0 Å². The number of hydrogen-bond acceptors (Lipinski definition) is 2. The number of rotatable bonds is 5. The lowest BCUT2D eigenvalue weighted by atomic mass is 10.2. The van der Waals surface area contributed by atoms with Gasteiger partial charge in [-0.25, -0.2) is 4.39 Å². The molecule has 0 aliphatic heterocycles. The normalized spacial score (nSPS) is 12.1. The van der Waals surface area contributed by atoms with Crippen LogP contribution in [0.5, 0.6) is 0 Å². The Bertz CT molecular complexity index is 395. The molecule has 0 heterocycles. The van der Waals surface area contributed by atoms with E-state index < -0.39 is 22.5 Å². The summed E-state index contributed by atoms with van der Waals surface area (Å²) >= 11 is 0. The number of carbonyl (C=O) groups is 1. The standard InChI is InChI=1S/C11H14FNO2S/c1-16(15)8-4-7-13-11(14)9-5-2-3-6-10(9)12/h2-3,5-6H,4,7-8H2,1H3,(H,13,14). The van der Waals surface area contributed by atoms with E-state index in [-0.39, 0.29) is 5.56 Å². The summed E-state index contributed by atoms with van der Waals surface area (Å²) in [6.07, 6.45) is 2.24. The summed E-state index contributed by atoms with van der Waals surface area (Å²) in [4.78, 5) is 11.5. The molecule has 1 unspecified atom stereocenters. The molecule has 0 bridgehead atoms. The fourth-order valence-corrected chi connectivity index (χ4v) is 1.77. The van der Waals surface area contributed by atoms with Crippen LogP contribution >= 0.6 is 0 Å². The maximum absolute atomic E-state index is 13.2. The third-order valence-corrected chi connectivity index (χ3v) is 2.88. The molecule has 1 aromatic carbocycles. The summed E-state index contributed by atoms with van der Waals surface area (Å²) in [5, 5.41) is 2.58. The zero-order chi connectivity index (χ0) is 12.0. The third kappa shape index (κ3) is 4.10. The fraction of sp³-hybridized carbons (Fsp3) is 0.364.